The monoisotopic (exact) mass is 312 g/mol. The molecule has 0 aliphatic carbocycles. The van der Waals surface area contributed by atoms with E-state index in [0.717, 1.165) is 50.7 Å². The number of methoxy groups -OCH3 is 1. The SMILES string of the molecule is COc1cc(CNCc2ccccn2)ccc1N1CCNCC1. The van der Waals surface area contributed by atoms with E-state index in [9.17, 15) is 0 Å². The predicted octanol–water partition coefficient (Wildman–Crippen LogP) is 1.79. The summed E-state index contributed by atoms with van der Waals surface area (Å²) >= 11 is 0. The number of anilines is 1. The van der Waals surface area contributed by atoms with Crippen LogP contribution in [0, 0.1) is 0 Å². The van der Waals surface area contributed by atoms with Crippen molar-refractivity contribution in [2.75, 3.05) is 38.2 Å². The molecule has 1 aromatic heterocycles. The van der Waals surface area contributed by atoms with Gasteiger partial charge in [-0.3, -0.25) is 4.98 Å². The van der Waals surface area contributed by atoms with Crippen LogP contribution in [0.3, 0.4) is 0 Å². The maximum absolute atomic E-state index is 5.60. The summed E-state index contributed by atoms with van der Waals surface area (Å²) in [6.45, 7) is 5.66. The third-order valence-corrected chi connectivity index (χ3v) is 4.06. The van der Waals surface area contributed by atoms with Crippen molar-refractivity contribution in [2.45, 2.75) is 13.1 Å². The van der Waals surface area contributed by atoms with E-state index in [0.29, 0.717) is 0 Å². The summed E-state index contributed by atoms with van der Waals surface area (Å²) in [7, 11) is 1.74. The highest BCUT2D eigenvalue weighted by Crippen LogP contribution is 2.29. The molecule has 2 heterocycles. The van der Waals surface area contributed by atoms with Gasteiger partial charge in [-0.15, -0.1) is 0 Å². The summed E-state index contributed by atoms with van der Waals surface area (Å²) in [4.78, 5) is 6.69. The number of hydrogen-bond donors (Lipinski definition) is 2. The molecular weight excluding hydrogens is 288 g/mol. The van der Waals surface area contributed by atoms with Gasteiger partial charge in [-0.25, -0.2) is 0 Å². The number of aromatic nitrogens is 1. The first-order valence-corrected chi connectivity index (χ1v) is 8.10. The van der Waals surface area contributed by atoms with Gasteiger partial charge in [0.25, 0.3) is 0 Å². The fraction of sp³-hybridized carbons (Fsp3) is 0.389. The number of piperazine rings is 1. The summed E-state index contributed by atoms with van der Waals surface area (Å²) in [5, 5.41) is 6.81. The molecule has 0 radical (unpaired) electrons. The van der Waals surface area contributed by atoms with E-state index in [1.807, 2.05) is 24.4 Å². The number of hydrogen-bond acceptors (Lipinski definition) is 5. The molecular formula is C18H24N4O. The number of benzene rings is 1. The Labute approximate surface area is 137 Å². The van der Waals surface area contributed by atoms with Crippen molar-refractivity contribution in [1.82, 2.24) is 15.6 Å². The van der Waals surface area contributed by atoms with E-state index >= 15 is 0 Å². The molecule has 2 N–H and O–H groups in total. The van der Waals surface area contributed by atoms with Gasteiger partial charge in [0.1, 0.15) is 5.75 Å². The van der Waals surface area contributed by atoms with Crippen LogP contribution in [0.25, 0.3) is 0 Å². The molecule has 5 heteroatoms. The van der Waals surface area contributed by atoms with Gasteiger partial charge >= 0.3 is 0 Å². The third kappa shape index (κ3) is 4.21. The first-order chi connectivity index (χ1) is 11.4. The van der Waals surface area contributed by atoms with E-state index in [1.165, 1.54) is 11.3 Å². The van der Waals surface area contributed by atoms with Crippen molar-refractivity contribution in [3.8, 4) is 5.75 Å². The van der Waals surface area contributed by atoms with Crippen molar-refractivity contribution in [3.63, 3.8) is 0 Å². The minimum Gasteiger partial charge on any atom is -0.495 e. The van der Waals surface area contributed by atoms with Crippen molar-refractivity contribution in [1.29, 1.82) is 0 Å². The average Bonchev–Trinajstić information content (AvgIpc) is 2.63. The van der Waals surface area contributed by atoms with Crippen LogP contribution in [0.1, 0.15) is 11.3 Å². The molecule has 0 atom stereocenters. The van der Waals surface area contributed by atoms with E-state index in [2.05, 4.69) is 38.7 Å². The number of nitrogens with one attached hydrogen (secondary N) is 2. The van der Waals surface area contributed by atoms with Crippen molar-refractivity contribution in [3.05, 3.63) is 53.9 Å². The Hall–Kier alpha value is -2.11. The summed E-state index contributed by atoms with van der Waals surface area (Å²) in [5.74, 6) is 0.948. The molecule has 1 aromatic carbocycles. The van der Waals surface area contributed by atoms with Gasteiger partial charge in [0, 0.05) is 45.5 Å². The molecule has 23 heavy (non-hydrogen) atoms. The lowest BCUT2D eigenvalue weighted by Crippen LogP contribution is -2.43. The van der Waals surface area contributed by atoms with Crippen molar-refractivity contribution < 1.29 is 4.74 Å². The van der Waals surface area contributed by atoms with Crippen molar-refractivity contribution >= 4 is 5.69 Å². The zero-order valence-corrected chi connectivity index (χ0v) is 13.6. The summed E-state index contributed by atoms with van der Waals surface area (Å²) < 4.78 is 5.60. The maximum Gasteiger partial charge on any atom is 0.142 e. The molecule has 1 saturated heterocycles. The normalized spacial score (nSPS) is 14.7. The van der Waals surface area contributed by atoms with Crippen LogP contribution in [-0.2, 0) is 13.1 Å². The lowest BCUT2D eigenvalue weighted by Gasteiger charge is -2.30. The van der Waals surface area contributed by atoms with Crippen LogP contribution < -0.4 is 20.3 Å². The van der Waals surface area contributed by atoms with Gasteiger partial charge in [0.15, 0.2) is 0 Å². The molecule has 0 spiro atoms. The molecule has 1 fully saturated rings. The Balaban J connectivity index is 1.62. The number of rotatable bonds is 6. The Bertz CT molecular complexity index is 612. The summed E-state index contributed by atoms with van der Waals surface area (Å²) in [6.07, 6.45) is 1.82. The molecule has 5 nitrogen and oxygen atoms in total. The number of ether oxygens (including phenoxy) is 1. The van der Waals surface area contributed by atoms with E-state index in [4.69, 9.17) is 4.74 Å². The van der Waals surface area contributed by atoms with Crippen LogP contribution in [0.4, 0.5) is 5.69 Å². The van der Waals surface area contributed by atoms with Gasteiger partial charge in [0.2, 0.25) is 0 Å². The summed E-state index contributed by atoms with van der Waals surface area (Å²) in [5.41, 5.74) is 3.45. The molecule has 0 amide bonds. The average molecular weight is 312 g/mol. The first kappa shape index (κ1) is 15.8. The van der Waals surface area contributed by atoms with Gasteiger partial charge in [-0.1, -0.05) is 12.1 Å². The largest absolute Gasteiger partial charge is 0.495 e. The van der Waals surface area contributed by atoms with Gasteiger partial charge in [-0.2, -0.15) is 0 Å². The highest BCUT2D eigenvalue weighted by molar-refractivity contribution is 5.60. The smallest absolute Gasteiger partial charge is 0.142 e. The zero-order chi connectivity index (χ0) is 15.9. The maximum atomic E-state index is 5.60. The molecule has 3 rings (SSSR count). The first-order valence-electron chi connectivity index (χ1n) is 8.10. The second-order valence-corrected chi connectivity index (χ2v) is 5.67. The highest BCUT2D eigenvalue weighted by atomic mass is 16.5. The molecule has 0 bridgehead atoms. The second-order valence-electron chi connectivity index (χ2n) is 5.67. The molecule has 0 saturated carbocycles. The van der Waals surface area contributed by atoms with Crippen LogP contribution in [0.15, 0.2) is 42.6 Å². The minimum atomic E-state index is 0.767. The standard InChI is InChI=1S/C18H24N4O/c1-23-18-12-15(13-20-14-16-4-2-3-7-21-16)5-6-17(18)22-10-8-19-9-11-22/h2-7,12,19-20H,8-11,13-14H2,1H3. The molecule has 2 aromatic rings. The molecule has 0 unspecified atom stereocenters. The van der Waals surface area contributed by atoms with Crippen LogP contribution in [0.2, 0.25) is 0 Å². The Kier molecular flexibility index (Phi) is 5.45. The lowest BCUT2D eigenvalue weighted by molar-refractivity contribution is 0.412. The highest BCUT2D eigenvalue weighted by Gasteiger charge is 2.15. The van der Waals surface area contributed by atoms with Crippen LogP contribution >= 0.6 is 0 Å². The molecule has 122 valence electrons. The van der Waals surface area contributed by atoms with Gasteiger partial charge in [0.05, 0.1) is 18.5 Å². The van der Waals surface area contributed by atoms with E-state index in [1.54, 1.807) is 7.11 Å². The molecule has 1 aliphatic heterocycles. The topological polar surface area (TPSA) is 49.4 Å². The number of pyridine rings is 1. The van der Waals surface area contributed by atoms with E-state index in [-0.39, 0.29) is 0 Å². The zero-order valence-electron chi connectivity index (χ0n) is 13.6. The fourth-order valence-corrected chi connectivity index (χ4v) is 2.84. The van der Waals surface area contributed by atoms with Crippen LogP contribution in [0.5, 0.6) is 5.75 Å². The molecule has 1 aliphatic rings. The fourth-order valence-electron chi connectivity index (χ4n) is 2.84. The van der Waals surface area contributed by atoms with Gasteiger partial charge < -0.3 is 20.3 Å². The van der Waals surface area contributed by atoms with Gasteiger partial charge in [-0.05, 0) is 29.8 Å². The minimum absolute atomic E-state index is 0.767. The predicted molar refractivity (Wildman–Crippen MR) is 92.9 cm³/mol. The quantitative estimate of drug-likeness (QED) is 0.852. The number of nitrogens with zero attached hydrogens (tertiary/aromatic N) is 2. The Morgan fingerprint density at radius 3 is 2.78 bits per heavy atom. The van der Waals surface area contributed by atoms with E-state index < -0.39 is 0 Å². The van der Waals surface area contributed by atoms with Crippen LogP contribution in [-0.4, -0.2) is 38.3 Å². The lowest BCUT2D eigenvalue weighted by atomic mass is 10.1. The third-order valence-electron chi connectivity index (χ3n) is 4.06. The second kappa shape index (κ2) is 7.94. The van der Waals surface area contributed by atoms with Crippen molar-refractivity contribution in [2.24, 2.45) is 0 Å². The Morgan fingerprint density at radius 1 is 1.17 bits per heavy atom. The summed E-state index contributed by atoms with van der Waals surface area (Å²) in [6, 6.07) is 12.4. The Morgan fingerprint density at radius 2 is 2.04 bits per heavy atom.